The molecular weight excluding hydrogens is 270 g/mol. The van der Waals surface area contributed by atoms with Crippen LogP contribution in [0.15, 0.2) is 23.1 Å². The van der Waals surface area contributed by atoms with Crippen LogP contribution >= 0.6 is 11.8 Å². The Bertz CT molecular complexity index is 525. The monoisotopic (exact) mass is 287 g/mol. The number of anilines is 2. The summed E-state index contributed by atoms with van der Waals surface area (Å²) in [4.78, 5) is 0.0424. The number of hydrogen-bond acceptors (Lipinski definition) is 5. The van der Waals surface area contributed by atoms with Gasteiger partial charge in [0.05, 0.1) is 16.3 Å². The Morgan fingerprint density at radius 2 is 2.22 bits per heavy atom. The standard InChI is InChI=1S/C11H17N3O2S2/c12-10-6-9(18(13,15)16)3-4-11(10)14-7-8-2-1-5-17-8/h3-4,6,8,14H,1-2,5,7,12H2,(H2,13,15,16). The first-order valence-corrected chi connectivity index (χ1v) is 8.34. The molecule has 0 amide bonds. The Hall–Kier alpha value is -0.920. The van der Waals surface area contributed by atoms with Gasteiger partial charge in [-0.1, -0.05) is 0 Å². The highest BCUT2D eigenvalue weighted by Gasteiger charge is 2.16. The number of sulfonamides is 1. The van der Waals surface area contributed by atoms with Crippen molar-refractivity contribution in [1.29, 1.82) is 0 Å². The summed E-state index contributed by atoms with van der Waals surface area (Å²) in [7, 11) is -3.68. The van der Waals surface area contributed by atoms with Crippen molar-refractivity contribution in [2.24, 2.45) is 5.14 Å². The fraction of sp³-hybridized carbons (Fsp3) is 0.455. The van der Waals surface area contributed by atoms with Crippen molar-refractivity contribution in [1.82, 2.24) is 0 Å². The first-order valence-electron chi connectivity index (χ1n) is 5.74. The molecule has 0 aromatic heterocycles. The minimum Gasteiger partial charge on any atom is -0.397 e. The van der Waals surface area contributed by atoms with Crippen LogP contribution < -0.4 is 16.2 Å². The molecule has 5 N–H and O–H groups in total. The largest absolute Gasteiger partial charge is 0.397 e. The zero-order valence-electron chi connectivity index (χ0n) is 9.93. The van der Waals surface area contributed by atoms with E-state index in [9.17, 15) is 8.42 Å². The van der Waals surface area contributed by atoms with Gasteiger partial charge in [-0.15, -0.1) is 0 Å². The molecule has 1 aromatic carbocycles. The van der Waals surface area contributed by atoms with E-state index in [1.54, 1.807) is 6.07 Å². The van der Waals surface area contributed by atoms with E-state index >= 15 is 0 Å². The first-order chi connectivity index (χ1) is 8.47. The van der Waals surface area contributed by atoms with Gasteiger partial charge >= 0.3 is 0 Å². The predicted molar refractivity (Wildman–Crippen MR) is 76.2 cm³/mol. The normalized spacial score (nSPS) is 19.9. The Balaban J connectivity index is 2.05. The molecule has 1 aliphatic rings. The quantitative estimate of drug-likeness (QED) is 0.723. The number of primary sulfonamides is 1. The topological polar surface area (TPSA) is 98.2 Å². The summed E-state index contributed by atoms with van der Waals surface area (Å²) in [5.41, 5.74) is 6.98. The van der Waals surface area contributed by atoms with Crippen molar-refractivity contribution < 1.29 is 8.42 Å². The molecule has 1 fully saturated rings. The molecule has 5 nitrogen and oxygen atoms in total. The third kappa shape index (κ3) is 3.30. The lowest BCUT2D eigenvalue weighted by Crippen LogP contribution is -2.16. The molecule has 1 aromatic rings. The van der Waals surface area contributed by atoms with Gasteiger partial charge in [0.15, 0.2) is 0 Å². The van der Waals surface area contributed by atoms with Crippen LogP contribution in [0.2, 0.25) is 0 Å². The van der Waals surface area contributed by atoms with Gasteiger partial charge in [-0.3, -0.25) is 0 Å². The molecular formula is C11H17N3O2S2. The number of thioether (sulfide) groups is 1. The van der Waals surface area contributed by atoms with Crippen LogP contribution in [0.3, 0.4) is 0 Å². The minimum atomic E-state index is -3.68. The molecule has 0 saturated carbocycles. The zero-order valence-corrected chi connectivity index (χ0v) is 11.6. The van der Waals surface area contributed by atoms with E-state index in [1.807, 2.05) is 11.8 Å². The highest BCUT2D eigenvalue weighted by Crippen LogP contribution is 2.28. The van der Waals surface area contributed by atoms with Gasteiger partial charge in [0, 0.05) is 11.8 Å². The molecule has 7 heteroatoms. The SMILES string of the molecule is Nc1cc(S(N)(=O)=O)ccc1NCC1CCCS1. The van der Waals surface area contributed by atoms with Crippen LogP contribution in [0.4, 0.5) is 11.4 Å². The molecule has 0 aliphatic carbocycles. The summed E-state index contributed by atoms with van der Waals surface area (Å²) in [6.45, 7) is 0.851. The maximum Gasteiger partial charge on any atom is 0.238 e. The van der Waals surface area contributed by atoms with Crippen LogP contribution in [-0.4, -0.2) is 26.0 Å². The Morgan fingerprint density at radius 3 is 2.78 bits per heavy atom. The number of rotatable bonds is 4. The second-order valence-corrected chi connectivity index (χ2v) is 7.28. The zero-order chi connectivity index (χ0) is 13.2. The van der Waals surface area contributed by atoms with Crippen molar-refractivity contribution in [2.45, 2.75) is 23.0 Å². The van der Waals surface area contributed by atoms with Crippen molar-refractivity contribution >= 4 is 33.2 Å². The number of nitrogens with two attached hydrogens (primary N) is 2. The van der Waals surface area contributed by atoms with Crippen molar-refractivity contribution in [2.75, 3.05) is 23.3 Å². The molecule has 1 atom stereocenters. The molecule has 2 rings (SSSR count). The van der Waals surface area contributed by atoms with Gasteiger partial charge < -0.3 is 11.1 Å². The molecule has 1 saturated heterocycles. The average Bonchev–Trinajstić information content (AvgIpc) is 2.79. The Kier molecular flexibility index (Phi) is 4.04. The Labute approximate surface area is 111 Å². The summed E-state index contributed by atoms with van der Waals surface area (Å²) < 4.78 is 22.3. The van der Waals surface area contributed by atoms with Gasteiger partial charge in [-0.25, -0.2) is 13.6 Å². The average molecular weight is 287 g/mol. The van der Waals surface area contributed by atoms with Crippen LogP contribution in [-0.2, 0) is 10.0 Å². The van der Waals surface area contributed by atoms with Crippen LogP contribution in [0.25, 0.3) is 0 Å². The molecule has 0 spiro atoms. The highest BCUT2D eigenvalue weighted by molar-refractivity contribution is 8.00. The second-order valence-electron chi connectivity index (χ2n) is 4.31. The van der Waals surface area contributed by atoms with E-state index < -0.39 is 10.0 Å². The van der Waals surface area contributed by atoms with E-state index in [0.717, 1.165) is 12.2 Å². The number of benzene rings is 1. The number of hydrogen-bond donors (Lipinski definition) is 3. The third-order valence-electron chi connectivity index (χ3n) is 2.90. The van der Waals surface area contributed by atoms with E-state index in [0.29, 0.717) is 10.9 Å². The van der Waals surface area contributed by atoms with Crippen LogP contribution in [0.1, 0.15) is 12.8 Å². The van der Waals surface area contributed by atoms with Crippen LogP contribution in [0, 0.1) is 0 Å². The molecule has 18 heavy (non-hydrogen) atoms. The summed E-state index contributed by atoms with van der Waals surface area (Å²) >= 11 is 1.96. The third-order valence-corrected chi connectivity index (χ3v) is 5.20. The van der Waals surface area contributed by atoms with E-state index in [1.165, 1.54) is 30.7 Å². The number of nitrogens with one attached hydrogen (secondary N) is 1. The number of nitrogen functional groups attached to an aromatic ring is 1. The smallest absolute Gasteiger partial charge is 0.238 e. The van der Waals surface area contributed by atoms with E-state index in [2.05, 4.69) is 5.32 Å². The lowest BCUT2D eigenvalue weighted by Gasteiger charge is -2.13. The molecule has 1 aliphatic heterocycles. The molecule has 1 unspecified atom stereocenters. The van der Waals surface area contributed by atoms with Gasteiger partial charge in [0.25, 0.3) is 0 Å². The first kappa shape index (κ1) is 13.5. The van der Waals surface area contributed by atoms with Gasteiger partial charge in [-0.05, 0) is 36.8 Å². The second kappa shape index (κ2) is 5.38. The van der Waals surface area contributed by atoms with Gasteiger partial charge in [0.2, 0.25) is 10.0 Å². The van der Waals surface area contributed by atoms with E-state index in [4.69, 9.17) is 10.9 Å². The Morgan fingerprint density at radius 1 is 1.44 bits per heavy atom. The predicted octanol–water partition coefficient (Wildman–Crippen LogP) is 1.22. The summed E-state index contributed by atoms with van der Waals surface area (Å²) in [6, 6.07) is 4.52. The summed E-state index contributed by atoms with van der Waals surface area (Å²) in [5.74, 6) is 1.21. The maximum atomic E-state index is 11.2. The van der Waals surface area contributed by atoms with Crippen molar-refractivity contribution in [3.8, 4) is 0 Å². The lowest BCUT2D eigenvalue weighted by atomic mass is 10.2. The van der Waals surface area contributed by atoms with Gasteiger partial charge in [0.1, 0.15) is 0 Å². The fourth-order valence-electron chi connectivity index (χ4n) is 1.91. The fourth-order valence-corrected chi connectivity index (χ4v) is 3.66. The highest BCUT2D eigenvalue weighted by atomic mass is 32.2. The molecule has 0 bridgehead atoms. The minimum absolute atomic E-state index is 0.0424. The van der Waals surface area contributed by atoms with Crippen molar-refractivity contribution in [3.05, 3.63) is 18.2 Å². The molecule has 0 radical (unpaired) electrons. The lowest BCUT2D eigenvalue weighted by molar-refractivity contribution is 0.598. The van der Waals surface area contributed by atoms with E-state index in [-0.39, 0.29) is 4.90 Å². The summed E-state index contributed by atoms with van der Waals surface area (Å²) in [5, 5.41) is 8.91. The summed E-state index contributed by atoms with van der Waals surface area (Å²) in [6.07, 6.45) is 2.48. The maximum absolute atomic E-state index is 11.2. The van der Waals surface area contributed by atoms with Crippen molar-refractivity contribution in [3.63, 3.8) is 0 Å². The molecule has 1 heterocycles. The van der Waals surface area contributed by atoms with Gasteiger partial charge in [-0.2, -0.15) is 11.8 Å². The van der Waals surface area contributed by atoms with Crippen LogP contribution in [0.5, 0.6) is 0 Å². The molecule has 100 valence electrons.